The standard InChI is InChI=1S/C20H24N4OS2/c1-13(2)19-23-16(11-26-19)10-22-18(25)12-27-20-21-7-8-24(20)17-9-14(3)5-6-15(17)4/h5-9,11,13H,10,12H2,1-4H3,(H,22,25). The van der Waals surface area contributed by atoms with Gasteiger partial charge in [-0.1, -0.05) is 37.7 Å². The highest BCUT2D eigenvalue weighted by Crippen LogP contribution is 2.23. The van der Waals surface area contributed by atoms with E-state index >= 15 is 0 Å². The maximum atomic E-state index is 12.2. The Morgan fingerprint density at radius 2 is 2.15 bits per heavy atom. The lowest BCUT2D eigenvalue weighted by atomic mass is 10.1. The van der Waals surface area contributed by atoms with Crippen molar-refractivity contribution in [3.8, 4) is 5.69 Å². The first-order valence-electron chi connectivity index (χ1n) is 8.89. The van der Waals surface area contributed by atoms with Crippen LogP contribution in [-0.4, -0.2) is 26.2 Å². The summed E-state index contributed by atoms with van der Waals surface area (Å²) < 4.78 is 2.04. The first-order chi connectivity index (χ1) is 12.9. The van der Waals surface area contributed by atoms with E-state index in [1.807, 2.05) is 16.1 Å². The average molecular weight is 401 g/mol. The van der Waals surface area contributed by atoms with Crippen LogP contribution in [0.25, 0.3) is 5.69 Å². The van der Waals surface area contributed by atoms with Gasteiger partial charge in [-0.25, -0.2) is 9.97 Å². The Hall–Kier alpha value is -2.12. The van der Waals surface area contributed by atoms with Gasteiger partial charge in [-0.3, -0.25) is 9.36 Å². The Kier molecular flexibility index (Phi) is 6.34. The smallest absolute Gasteiger partial charge is 0.230 e. The fourth-order valence-electron chi connectivity index (χ4n) is 2.60. The van der Waals surface area contributed by atoms with Crippen molar-refractivity contribution in [3.63, 3.8) is 0 Å². The summed E-state index contributed by atoms with van der Waals surface area (Å²) in [6, 6.07) is 6.33. The van der Waals surface area contributed by atoms with Crippen molar-refractivity contribution < 1.29 is 4.79 Å². The lowest BCUT2D eigenvalue weighted by molar-refractivity contribution is -0.118. The normalized spacial score (nSPS) is 11.1. The second-order valence-electron chi connectivity index (χ2n) is 6.77. The van der Waals surface area contributed by atoms with Crippen molar-refractivity contribution in [1.82, 2.24) is 19.9 Å². The molecule has 3 aromatic rings. The Morgan fingerprint density at radius 1 is 1.33 bits per heavy atom. The summed E-state index contributed by atoms with van der Waals surface area (Å²) in [7, 11) is 0. The molecule has 3 rings (SSSR count). The third-order valence-corrected chi connectivity index (χ3v) is 6.25. The van der Waals surface area contributed by atoms with Gasteiger partial charge in [0.25, 0.3) is 0 Å². The molecule has 27 heavy (non-hydrogen) atoms. The molecule has 0 bridgehead atoms. The van der Waals surface area contributed by atoms with Crippen molar-refractivity contribution >= 4 is 29.0 Å². The third kappa shape index (κ3) is 4.99. The zero-order chi connectivity index (χ0) is 19.4. The number of carbonyl (C=O) groups is 1. The molecule has 142 valence electrons. The van der Waals surface area contributed by atoms with Crippen LogP contribution in [0.4, 0.5) is 0 Å². The fraction of sp³-hybridized carbons (Fsp3) is 0.350. The number of imidazole rings is 1. The highest BCUT2D eigenvalue weighted by atomic mass is 32.2. The Labute approximate surface area is 168 Å². The maximum Gasteiger partial charge on any atom is 0.230 e. The van der Waals surface area contributed by atoms with Crippen molar-refractivity contribution in [2.24, 2.45) is 0 Å². The monoisotopic (exact) mass is 400 g/mol. The molecule has 5 nitrogen and oxygen atoms in total. The van der Waals surface area contributed by atoms with Gasteiger partial charge in [0, 0.05) is 23.7 Å². The van der Waals surface area contributed by atoms with E-state index in [1.165, 1.54) is 22.9 Å². The van der Waals surface area contributed by atoms with E-state index in [4.69, 9.17) is 0 Å². The number of aryl methyl sites for hydroxylation is 2. The molecule has 0 atom stereocenters. The van der Waals surface area contributed by atoms with Crippen molar-refractivity contribution in [2.75, 3.05) is 5.75 Å². The second-order valence-corrected chi connectivity index (χ2v) is 8.60. The van der Waals surface area contributed by atoms with Crippen molar-refractivity contribution in [2.45, 2.75) is 45.3 Å². The molecule has 1 N–H and O–H groups in total. The zero-order valence-corrected chi connectivity index (χ0v) is 17.7. The van der Waals surface area contributed by atoms with E-state index in [9.17, 15) is 4.79 Å². The number of rotatable bonds is 7. The first kappa shape index (κ1) is 19.6. The number of thioether (sulfide) groups is 1. The molecule has 7 heteroatoms. The molecule has 0 saturated heterocycles. The Bertz CT molecular complexity index is 930. The van der Waals surface area contributed by atoms with Crippen LogP contribution in [0.5, 0.6) is 0 Å². The van der Waals surface area contributed by atoms with Gasteiger partial charge in [-0.05, 0) is 31.0 Å². The minimum atomic E-state index is -0.0189. The van der Waals surface area contributed by atoms with E-state index in [0.29, 0.717) is 18.2 Å². The molecule has 0 fully saturated rings. The molecule has 0 spiro atoms. The first-order valence-corrected chi connectivity index (χ1v) is 10.8. The molecular formula is C20H24N4OS2. The molecule has 1 aromatic carbocycles. The predicted molar refractivity (Wildman–Crippen MR) is 112 cm³/mol. The molecule has 0 unspecified atom stereocenters. The van der Waals surface area contributed by atoms with E-state index in [1.54, 1.807) is 17.5 Å². The SMILES string of the molecule is Cc1ccc(C)c(-n2ccnc2SCC(=O)NCc2csc(C(C)C)n2)c1. The predicted octanol–water partition coefficient (Wildman–Crippen LogP) is 4.48. The van der Waals surface area contributed by atoms with Crippen LogP contribution in [0, 0.1) is 13.8 Å². The number of nitrogens with one attached hydrogen (secondary N) is 1. The number of hydrogen-bond donors (Lipinski definition) is 1. The van der Waals surface area contributed by atoms with Gasteiger partial charge in [-0.2, -0.15) is 0 Å². The zero-order valence-electron chi connectivity index (χ0n) is 16.0. The van der Waals surface area contributed by atoms with Crippen LogP contribution in [0.15, 0.2) is 41.1 Å². The number of aromatic nitrogens is 3. The summed E-state index contributed by atoms with van der Waals surface area (Å²) in [6.07, 6.45) is 3.70. The summed E-state index contributed by atoms with van der Waals surface area (Å²) in [6.45, 7) is 8.86. The number of carbonyl (C=O) groups excluding carboxylic acids is 1. The summed E-state index contributed by atoms with van der Waals surface area (Å²) in [5.41, 5.74) is 4.38. The average Bonchev–Trinajstić information content (AvgIpc) is 3.29. The molecule has 0 saturated carbocycles. The van der Waals surface area contributed by atoms with Gasteiger partial charge in [-0.15, -0.1) is 11.3 Å². The lowest BCUT2D eigenvalue weighted by Crippen LogP contribution is -2.24. The Morgan fingerprint density at radius 3 is 2.89 bits per heavy atom. The van der Waals surface area contributed by atoms with Crippen LogP contribution in [-0.2, 0) is 11.3 Å². The molecule has 0 aliphatic heterocycles. The van der Waals surface area contributed by atoms with Gasteiger partial charge < -0.3 is 5.32 Å². The number of thiazole rings is 1. The topological polar surface area (TPSA) is 59.8 Å². The summed E-state index contributed by atoms with van der Waals surface area (Å²) in [4.78, 5) is 21.2. The van der Waals surface area contributed by atoms with Crippen molar-refractivity contribution in [3.05, 3.63) is 57.8 Å². The van der Waals surface area contributed by atoms with Crippen LogP contribution < -0.4 is 5.32 Å². The van der Waals surface area contributed by atoms with E-state index in [0.717, 1.165) is 21.5 Å². The van der Waals surface area contributed by atoms with Gasteiger partial charge in [0.1, 0.15) is 0 Å². The molecule has 0 aliphatic carbocycles. The fourth-order valence-corrected chi connectivity index (χ4v) is 4.23. The van der Waals surface area contributed by atoms with E-state index in [2.05, 4.69) is 61.2 Å². The lowest BCUT2D eigenvalue weighted by Gasteiger charge is -2.11. The molecule has 2 heterocycles. The minimum absolute atomic E-state index is 0.0189. The van der Waals surface area contributed by atoms with E-state index < -0.39 is 0 Å². The van der Waals surface area contributed by atoms with Gasteiger partial charge in [0.2, 0.25) is 5.91 Å². The summed E-state index contributed by atoms with van der Waals surface area (Å²) in [5, 5.41) is 6.87. The Balaban J connectivity index is 1.58. The number of nitrogens with zero attached hydrogens (tertiary/aromatic N) is 3. The van der Waals surface area contributed by atoms with Gasteiger partial charge >= 0.3 is 0 Å². The number of hydrogen-bond acceptors (Lipinski definition) is 5. The highest BCUT2D eigenvalue weighted by Gasteiger charge is 2.12. The summed E-state index contributed by atoms with van der Waals surface area (Å²) >= 11 is 3.08. The number of amides is 1. The van der Waals surface area contributed by atoms with Crippen molar-refractivity contribution in [1.29, 1.82) is 0 Å². The minimum Gasteiger partial charge on any atom is -0.350 e. The van der Waals surface area contributed by atoms with Gasteiger partial charge in [0.05, 0.1) is 28.7 Å². The van der Waals surface area contributed by atoms with E-state index in [-0.39, 0.29) is 5.91 Å². The summed E-state index contributed by atoms with van der Waals surface area (Å²) in [5.74, 6) is 0.719. The molecule has 1 amide bonds. The largest absolute Gasteiger partial charge is 0.350 e. The molecule has 0 radical (unpaired) electrons. The van der Waals surface area contributed by atoms with Crippen LogP contribution in [0.1, 0.15) is 41.6 Å². The molecular weight excluding hydrogens is 376 g/mol. The molecule has 0 aliphatic rings. The van der Waals surface area contributed by atoms with Crippen LogP contribution in [0.2, 0.25) is 0 Å². The maximum absolute atomic E-state index is 12.2. The van der Waals surface area contributed by atoms with Crippen LogP contribution >= 0.6 is 23.1 Å². The third-order valence-electron chi connectivity index (χ3n) is 4.09. The highest BCUT2D eigenvalue weighted by molar-refractivity contribution is 7.99. The molecule has 2 aromatic heterocycles. The number of benzene rings is 1. The quantitative estimate of drug-likeness (QED) is 0.594. The van der Waals surface area contributed by atoms with Gasteiger partial charge in [0.15, 0.2) is 5.16 Å². The van der Waals surface area contributed by atoms with Crippen LogP contribution in [0.3, 0.4) is 0 Å². The second kappa shape index (κ2) is 8.71.